The van der Waals surface area contributed by atoms with Crippen LogP contribution in [0.4, 0.5) is 0 Å². The van der Waals surface area contributed by atoms with Crippen LogP contribution in [0.2, 0.25) is 0 Å². The minimum absolute atomic E-state index is 0.687. The van der Waals surface area contributed by atoms with Gasteiger partial charge in [-0.15, -0.1) is 0 Å². The Labute approximate surface area is 147 Å². The van der Waals surface area contributed by atoms with Crippen LogP contribution in [0, 0.1) is 0 Å². The Balaban J connectivity index is 1.63. The lowest BCUT2D eigenvalue weighted by Crippen LogP contribution is -2.38. The van der Waals surface area contributed by atoms with Crippen LogP contribution in [0.15, 0.2) is 60.2 Å². The third kappa shape index (κ3) is 4.06. The van der Waals surface area contributed by atoms with Gasteiger partial charge in [-0.05, 0) is 29.8 Å². The summed E-state index contributed by atoms with van der Waals surface area (Å²) in [5, 5.41) is 7.58. The Morgan fingerprint density at radius 2 is 2.16 bits per heavy atom. The molecule has 0 amide bonds. The molecule has 0 bridgehead atoms. The summed E-state index contributed by atoms with van der Waals surface area (Å²) in [6, 6.07) is 12.4. The molecule has 3 aromatic rings. The first-order valence-electron chi connectivity index (χ1n) is 8.13. The third-order valence-electron chi connectivity index (χ3n) is 4.07. The number of nitrogens with zero attached hydrogens (tertiary/aromatic N) is 6. The first-order chi connectivity index (χ1) is 12.2. The number of benzene rings is 1. The molecule has 0 saturated carbocycles. The first-order valence-corrected chi connectivity index (χ1v) is 8.13. The summed E-state index contributed by atoms with van der Waals surface area (Å²) >= 11 is 0. The van der Waals surface area contributed by atoms with E-state index in [0.717, 1.165) is 23.8 Å². The highest BCUT2D eigenvalue weighted by atomic mass is 15.3. The van der Waals surface area contributed by atoms with Gasteiger partial charge in [0.25, 0.3) is 0 Å². The SMILES string of the molecule is CN=C(NCc1cccc(-n2cncn2)c1)N(C)Cc1cccn1C. The molecule has 2 heterocycles. The Bertz CT molecular complexity index is 833. The fourth-order valence-electron chi connectivity index (χ4n) is 2.69. The average Bonchev–Trinajstić information content (AvgIpc) is 3.28. The average molecular weight is 337 g/mol. The van der Waals surface area contributed by atoms with E-state index in [1.807, 2.05) is 19.2 Å². The summed E-state index contributed by atoms with van der Waals surface area (Å²) in [6.45, 7) is 1.48. The van der Waals surface area contributed by atoms with E-state index in [2.05, 4.69) is 67.4 Å². The number of rotatable bonds is 5. The number of hydrogen-bond acceptors (Lipinski definition) is 3. The molecule has 0 spiro atoms. The largest absolute Gasteiger partial charge is 0.353 e. The molecule has 0 fully saturated rings. The van der Waals surface area contributed by atoms with Gasteiger partial charge in [-0.25, -0.2) is 9.67 Å². The minimum Gasteiger partial charge on any atom is -0.353 e. The standard InChI is InChI=1S/C18H23N7/c1-19-18(24(3)12-17-8-5-9-23(17)2)21-11-15-6-4-7-16(10-15)25-14-20-13-22-25/h4-10,13-14H,11-12H2,1-3H3,(H,19,21). The van der Waals surface area contributed by atoms with Crippen molar-refractivity contribution in [3.8, 4) is 5.69 Å². The lowest BCUT2D eigenvalue weighted by atomic mass is 10.2. The monoisotopic (exact) mass is 337 g/mol. The number of aromatic nitrogens is 4. The van der Waals surface area contributed by atoms with Gasteiger partial charge in [0.15, 0.2) is 5.96 Å². The fourth-order valence-corrected chi connectivity index (χ4v) is 2.69. The molecule has 0 aliphatic rings. The lowest BCUT2D eigenvalue weighted by Gasteiger charge is -2.22. The van der Waals surface area contributed by atoms with Crippen molar-refractivity contribution in [2.45, 2.75) is 13.1 Å². The number of aryl methyl sites for hydroxylation is 1. The number of nitrogens with one attached hydrogen (secondary N) is 1. The first kappa shape index (κ1) is 16.8. The van der Waals surface area contributed by atoms with E-state index in [4.69, 9.17) is 0 Å². The normalized spacial score (nSPS) is 11.6. The van der Waals surface area contributed by atoms with Crippen molar-refractivity contribution in [2.75, 3.05) is 14.1 Å². The maximum Gasteiger partial charge on any atom is 0.194 e. The van der Waals surface area contributed by atoms with Gasteiger partial charge < -0.3 is 14.8 Å². The molecule has 0 atom stereocenters. The molecule has 7 heteroatoms. The Hall–Kier alpha value is -3.09. The molecular formula is C18H23N7. The summed E-state index contributed by atoms with van der Waals surface area (Å²) < 4.78 is 3.87. The number of hydrogen-bond donors (Lipinski definition) is 1. The Morgan fingerprint density at radius 3 is 2.84 bits per heavy atom. The highest BCUT2D eigenvalue weighted by Gasteiger charge is 2.08. The van der Waals surface area contributed by atoms with E-state index in [1.165, 1.54) is 12.0 Å². The van der Waals surface area contributed by atoms with Crippen LogP contribution in [0.5, 0.6) is 0 Å². The predicted octanol–water partition coefficient (Wildman–Crippen LogP) is 1.81. The van der Waals surface area contributed by atoms with Gasteiger partial charge in [0.2, 0.25) is 0 Å². The molecule has 1 N–H and O–H groups in total. The number of aliphatic imine (C=N–C) groups is 1. The molecule has 3 rings (SSSR count). The Kier molecular flexibility index (Phi) is 5.13. The molecule has 7 nitrogen and oxygen atoms in total. The summed E-state index contributed by atoms with van der Waals surface area (Å²) in [7, 11) is 5.89. The highest BCUT2D eigenvalue weighted by Crippen LogP contribution is 2.09. The van der Waals surface area contributed by atoms with Gasteiger partial charge in [0, 0.05) is 39.6 Å². The van der Waals surface area contributed by atoms with Crippen LogP contribution in [-0.4, -0.2) is 44.3 Å². The van der Waals surface area contributed by atoms with Crippen molar-refractivity contribution in [2.24, 2.45) is 12.0 Å². The van der Waals surface area contributed by atoms with E-state index in [-0.39, 0.29) is 0 Å². The quantitative estimate of drug-likeness (QED) is 0.570. The van der Waals surface area contributed by atoms with Gasteiger partial charge in [0.05, 0.1) is 12.2 Å². The molecule has 25 heavy (non-hydrogen) atoms. The van der Waals surface area contributed by atoms with Crippen LogP contribution in [0.25, 0.3) is 5.69 Å². The van der Waals surface area contributed by atoms with Crippen LogP contribution >= 0.6 is 0 Å². The van der Waals surface area contributed by atoms with E-state index in [1.54, 1.807) is 18.1 Å². The van der Waals surface area contributed by atoms with Crippen molar-refractivity contribution in [3.05, 3.63) is 66.5 Å². The maximum absolute atomic E-state index is 4.38. The van der Waals surface area contributed by atoms with Crippen LogP contribution in [0.1, 0.15) is 11.3 Å². The zero-order chi connectivity index (χ0) is 17.6. The van der Waals surface area contributed by atoms with E-state index < -0.39 is 0 Å². The van der Waals surface area contributed by atoms with Crippen molar-refractivity contribution in [1.82, 2.24) is 29.5 Å². The van der Waals surface area contributed by atoms with Crippen molar-refractivity contribution < 1.29 is 0 Å². The molecule has 2 aromatic heterocycles. The highest BCUT2D eigenvalue weighted by molar-refractivity contribution is 5.79. The minimum atomic E-state index is 0.687. The second kappa shape index (κ2) is 7.65. The zero-order valence-corrected chi connectivity index (χ0v) is 14.8. The molecule has 0 aliphatic carbocycles. The lowest BCUT2D eigenvalue weighted by molar-refractivity contribution is 0.461. The van der Waals surface area contributed by atoms with Crippen LogP contribution in [0.3, 0.4) is 0 Å². The van der Waals surface area contributed by atoms with Gasteiger partial charge >= 0.3 is 0 Å². The molecule has 0 saturated heterocycles. The molecule has 0 radical (unpaired) electrons. The summed E-state index contributed by atoms with van der Waals surface area (Å²) in [4.78, 5) is 10.5. The van der Waals surface area contributed by atoms with Crippen molar-refractivity contribution in [1.29, 1.82) is 0 Å². The van der Waals surface area contributed by atoms with E-state index >= 15 is 0 Å². The molecule has 130 valence electrons. The van der Waals surface area contributed by atoms with Gasteiger partial charge in [-0.1, -0.05) is 12.1 Å². The van der Waals surface area contributed by atoms with Gasteiger partial charge in [0.1, 0.15) is 12.7 Å². The number of guanidine groups is 1. The smallest absolute Gasteiger partial charge is 0.194 e. The predicted molar refractivity (Wildman–Crippen MR) is 98.4 cm³/mol. The molecular weight excluding hydrogens is 314 g/mol. The van der Waals surface area contributed by atoms with E-state index in [0.29, 0.717) is 6.54 Å². The second-order valence-electron chi connectivity index (χ2n) is 5.88. The summed E-state index contributed by atoms with van der Waals surface area (Å²) in [5.41, 5.74) is 3.38. The topological polar surface area (TPSA) is 63.3 Å². The zero-order valence-electron chi connectivity index (χ0n) is 14.8. The molecule has 1 aromatic carbocycles. The van der Waals surface area contributed by atoms with Crippen LogP contribution in [-0.2, 0) is 20.1 Å². The second-order valence-corrected chi connectivity index (χ2v) is 5.88. The summed E-state index contributed by atoms with van der Waals surface area (Å²) in [5.74, 6) is 0.854. The summed E-state index contributed by atoms with van der Waals surface area (Å²) in [6.07, 6.45) is 5.28. The molecule has 0 unspecified atom stereocenters. The van der Waals surface area contributed by atoms with Crippen LogP contribution < -0.4 is 5.32 Å². The van der Waals surface area contributed by atoms with E-state index in [9.17, 15) is 0 Å². The maximum atomic E-state index is 4.38. The van der Waals surface area contributed by atoms with Crippen molar-refractivity contribution in [3.63, 3.8) is 0 Å². The van der Waals surface area contributed by atoms with Crippen molar-refractivity contribution >= 4 is 5.96 Å². The van der Waals surface area contributed by atoms with Gasteiger partial charge in [-0.2, -0.15) is 5.10 Å². The molecule has 0 aliphatic heterocycles. The Morgan fingerprint density at radius 1 is 1.28 bits per heavy atom. The van der Waals surface area contributed by atoms with Gasteiger partial charge in [-0.3, -0.25) is 4.99 Å². The fraction of sp³-hybridized carbons (Fsp3) is 0.278. The third-order valence-corrected chi connectivity index (χ3v) is 4.07.